The van der Waals surface area contributed by atoms with Gasteiger partial charge in [0.05, 0.1) is 11.8 Å². The number of aromatic nitrogens is 1. The number of hydrogen-bond donors (Lipinski definition) is 0. The molecule has 0 saturated heterocycles. The van der Waals surface area contributed by atoms with Crippen LogP contribution in [0.4, 0.5) is 0 Å². The van der Waals surface area contributed by atoms with Crippen LogP contribution in [0.25, 0.3) is 0 Å². The molecule has 0 aliphatic rings. The Balaban J connectivity index is 3.30. The van der Waals surface area contributed by atoms with Gasteiger partial charge in [-0.1, -0.05) is 33.8 Å². The summed E-state index contributed by atoms with van der Waals surface area (Å²) in [6, 6.07) is 8.24. The Labute approximate surface area is 92.0 Å². The van der Waals surface area contributed by atoms with E-state index in [-0.39, 0.29) is 11.8 Å². The quantitative estimate of drug-likeness (QED) is 0.755. The van der Waals surface area contributed by atoms with Crippen molar-refractivity contribution in [2.75, 3.05) is 0 Å². The van der Waals surface area contributed by atoms with Crippen molar-refractivity contribution in [3.05, 3.63) is 30.1 Å². The molecule has 80 valence electrons. The van der Waals surface area contributed by atoms with Gasteiger partial charge in [0.15, 0.2) is 0 Å². The van der Waals surface area contributed by atoms with Gasteiger partial charge in [-0.15, -0.1) is 0 Å². The summed E-state index contributed by atoms with van der Waals surface area (Å²) in [6.07, 6.45) is 1.76. The first-order valence-corrected chi connectivity index (χ1v) is 5.38. The summed E-state index contributed by atoms with van der Waals surface area (Å²) in [5, 5.41) is 9.48. The highest BCUT2D eigenvalue weighted by molar-refractivity contribution is 5.28. The van der Waals surface area contributed by atoms with Crippen molar-refractivity contribution in [3.63, 3.8) is 0 Å². The van der Waals surface area contributed by atoms with Crippen molar-refractivity contribution in [3.8, 4) is 6.07 Å². The zero-order chi connectivity index (χ0) is 11.5. The molecule has 0 amide bonds. The van der Waals surface area contributed by atoms with Gasteiger partial charge < -0.3 is 0 Å². The summed E-state index contributed by atoms with van der Waals surface area (Å²) in [5.74, 6) is 0.523. The van der Waals surface area contributed by atoms with Crippen molar-refractivity contribution < 1.29 is 0 Å². The fraction of sp³-hybridized carbons (Fsp3) is 0.538. The van der Waals surface area contributed by atoms with Gasteiger partial charge in [-0.05, 0) is 24.0 Å². The monoisotopic (exact) mass is 202 g/mol. The maximum Gasteiger partial charge on any atom is 0.104 e. The van der Waals surface area contributed by atoms with Gasteiger partial charge in [0.2, 0.25) is 0 Å². The van der Waals surface area contributed by atoms with Crippen LogP contribution in [-0.2, 0) is 5.41 Å². The van der Waals surface area contributed by atoms with Gasteiger partial charge in [0.25, 0.3) is 0 Å². The van der Waals surface area contributed by atoms with Crippen LogP contribution < -0.4 is 0 Å². The molecular weight excluding hydrogens is 184 g/mol. The minimum atomic E-state index is -0.471. The van der Waals surface area contributed by atoms with Crippen molar-refractivity contribution in [2.24, 2.45) is 11.8 Å². The first-order valence-electron chi connectivity index (χ1n) is 5.38. The third kappa shape index (κ3) is 1.87. The van der Waals surface area contributed by atoms with E-state index in [2.05, 4.69) is 38.7 Å². The molecule has 0 radical (unpaired) electrons. The van der Waals surface area contributed by atoms with E-state index in [1.807, 2.05) is 18.2 Å². The van der Waals surface area contributed by atoms with E-state index in [1.165, 1.54) is 0 Å². The van der Waals surface area contributed by atoms with Crippen molar-refractivity contribution in [1.82, 2.24) is 4.98 Å². The minimum Gasteiger partial charge on any atom is -0.260 e. The van der Waals surface area contributed by atoms with E-state index in [9.17, 15) is 5.26 Å². The summed E-state index contributed by atoms with van der Waals surface area (Å²) in [5.41, 5.74) is 0.416. The predicted octanol–water partition coefficient (Wildman–Crippen LogP) is 3.15. The molecule has 0 bridgehead atoms. The topological polar surface area (TPSA) is 36.7 Å². The summed E-state index contributed by atoms with van der Waals surface area (Å²) < 4.78 is 0. The Morgan fingerprint density at radius 3 is 2.13 bits per heavy atom. The Kier molecular flexibility index (Phi) is 3.47. The fourth-order valence-corrected chi connectivity index (χ4v) is 2.18. The maximum atomic E-state index is 9.48. The summed E-state index contributed by atoms with van der Waals surface area (Å²) in [6.45, 7) is 8.32. The average Bonchev–Trinajstić information content (AvgIpc) is 2.20. The lowest BCUT2D eigenvalue weighted by Gasteiger charge is -2.34. The van der Waals surface area contributed by atoms with E-state index < -0.39 is 5.41 Å². The first-order chi connectivity index (χ1) is 7.05. The second kappa shape index (κ2) is 4.44. The third-order valence-corrected chi connectivity index (χ3v) is 3.10. The predicted molar refractivity (Wildman–Crippen MR) is 61.2 cm³/mol. The maximum absolute atomic E-state index is 9.48. The van der Waals surface area contributed by atoms with Gasteiger partial charge in [-0.2, -0.15) is 5.26 Å². The van der Waals surface area contributed by atoms with Crippen molar-refractivity contribution in [2.45, 2.75) is 33.1 Å². The molecule has 0 aliphatic heterocycles. The molecule has 2 nitrogen and oxygen atoms in total. The minimum absolute atomic E-state index is 0.261. The van der Waals surface area contributed by atoms with Crippen LogP contribution in [0.1, 0.15) is 33.4 Å². The summed E-state index contributed by atoms with van der Waals surface area (Å²) >= 11 is 0. The Hall–Kier alpha value is -1.36. The van der Waals surface area contributed by atoms with Crippen LogP contribution in [0.5, 0.6) is 0 Å². The fourth-order valence-electron chi connectivity index (χ4n) is 2.18. The molecule has 0 spiro atoms. The zero-order valence-electron chi connectivity index (χ0n) is 9.86. The van der Waals surface area contributed by atoms with E-state index >= 15 is 0 Å². The molecule has 0 saturated carbocycles. The third-order valence-electron chi connectivity index (χ3n) is 3.10. The molecule has 0 atom stereocenters. The molecule has 0 fully saturated rings. The van der Waals surface area contributed by atoms with Crippen LogP contribution in [0, 0.1) is 23.2 Å². The van der Waals surface area contributed by atoms with Gasteiger partial charge >= 0.3 is 0 Å². The normalized spacial score (nSPS) is 11.8. The first kappa shape index (κ1) is 11.7. The molecule has 2 heteroatoms. The Morgan fingerprint density at radius 1 is 1.20 bits per heavy atom. The van der Waals surface area contributed by atoms with Crippen LogP contribution >= 0.6 is 0 Å². The highest BCUT2D eigenvalue weighted by Crippen LogP contribution is 2.37. The summed E-state index contributed by atoms with van der Waals surface area (Å²) in [4.78, 5) is 4.34. The van der Waals surface area contributed by atoms with Crippen LogP contribution in [-0.4, -0.2) is 4.98 Å². The lowest BCUT2D eigenvalue weighted by atomic mass is 9.67. The van der Waals surface area contributed by atoms with Gasteiger partial charge in [-0.25, -0.2) is 0 Å². The number of rotatable bonds is 3. The molecule has 1 heterocycles. The van der Waals surface area contributed by atoms with Crippen molar-refractivity contribution >= 4 is 0 Å². The van der Waals surface area contributed by atoms with Gasteiger partial charge in [0.1, 0.15) is 5.41 Å². The largest absolute Gasteiger partial charge is 0.260 e. The average molecular weight is 202 g/mol. The molecule has 1 aromatic rings. The molecule has 0 unspecified atom stereocenters. The number of pyridine rings is 1. The highest BCUT2D eigenvalue weighted by Gasteiger charge is 2.40. The van der Waals surface area contributed by atoms with Crippen molar-refractivity contribution in [1.29, 1.82) is 5.26 Å². The zero-order valence-corrected chi connectivity index (χ0v) is 9.86. The molecule has 0 N–H and O–H groups in total. The van der Waals surface area contributed by atoms with Crippen LogP contribution in [0.15, 0.2) is 24.4 Å². The molecule has 1 aromatic heterocycles. The number of hydrogen-bond acceptors (Lipinski definition) is 2. The molecular formula is C13H18N2. The Morgan fingerprint density at radius 2 is 1.80 bits per heavy atom. The molecule has 1 rings (SSSR count). The van der Waals surface area contributed by atoms with E-state index in [0.717, 1.165) is 5.69 Å². The van der Waals surface area contributed by atoms with Crippen LogP contribution in [0.2, 0.25) is 0 Å². The SMILES string of the molecule is CC(C)C(C#N)(c1ccccn1)C(C)C. The lowest BCUT2D eigenvalue weighted by molar-refractivity contribution is 0.287. The molecule has 0 aromatic carbocycles. The Bertz CT molecular complexity index is 339. The highest BCUT2D eigenvalue weighted by atomic mass is 14.7. The molecule has 0 aliphatic carbocycles. The molecule has 15 heavy (non-hydrogen) atoms. The smallest absolute Gasteiger partial charge is 0.104 e. The van der Waals surface area contributed by atoms with E-state index in [0.29, 0.717) is 0 Å². The van der Waals surface area contributed by atoms with Gasteiger partial charge in [-0.3, -0.25) is 4.98 Å². The lowest BCUT2D eigenvalue weighted by Crippen LogP contribution is -2.37. The standard InChI is InChI=1S/C13H18N2/c1-10(2)13(9-14,11(3)4)12-7-5-6-8-15-12/h5-8,10-11H,1-4H3. The van der Waals surface area contributed by atoms with E-state index in [4.69, 9.17) is 0 Å². The van der Waals surface area contributed by atoms with Crippen LogP contribution in [0.3, 0.4) is 0 Å². The second-order valence-corrected chi connectivity index (χ2v) is 4.51. The van der Waals surface area contributed by atoms with Gasteiger partial charge in [0, 0.05) is 6.20 Å². The van der Waals surface area contributed by atoms with E-state index in [1.54, 1.807) is 6.20 Å². The number of nitriles is 1. The number of nitrogens with zero attached hydrogens (tertiary/aromatic N) is 2. The summed E-state index contributed by atoms with van der Waals surface area (Å²) in [7, 11) is 0. The second-order valence-electron chi connectivity index (χ2n) is 4.51.